The Balaban J connectivity index is 1.46. The molecule has 0 aliphatic carbocycles. The maximum Gasteiger partial charge on any atom is 0.335 e. The number of nitrogens with one attached hydrogen (secondary N) is 1. The molecule has 2 N–H and O–H groups in total. The van der Waals surface area contributed by atoms with Crippen LogP contribution in [0.25, 0.3) is 0 Å². The Morgan fingerprint density at radius 3 is 2.41 bits per heavy atom. The second-order valence-corrected chi connectivity index (χ2v) is 6.66. The number of hydrogen-bond acceptors (Lipinski definition) is 3. The number of rotatable bonds is 7. The molecule has 2 amide bonds. The molecule has 2 aromatic carbocycles. The fourth-order valence-corrected chi connectivity index (χ4v) is 3.17. The Labute approximate surface area is 157 Å². The molecule has 27 heavy (non-hydrogen) atoms. The van der Waals surface area contributed by atoms with Crippen LogP contribution in [0, 0.1) is 0 Å². The Morgan fingerprint density at radius 1 is 1.04 bits per heavy atom. The highest BCUT2D eigenvalue weighted by atomic mass is 16.4. The van der Waals surface area contributed by atoms with Gasteiger partial charge in [0.15, 0.2) is 0 Å². The topological polar surface area (TPSA) is 86.7 Å². The number of nitrogens with zero attached hydrogens (tertiary/aromatic N) is 1. The summed E-state index contributed by atoms with van der Waals surface area (Å²) in [6.07, 6.45) is 1.37. The van der Waals surface area contributed by atoms with Crippen molar-refractivity contribution in [3.05, 3.63) is 71.3 Å². The van der Waals surface area contributed by atoms with Crippen molar-refractivity contribution >= 4 is 17.8 Å². The van der Waals surface area contributed by atoms with Gasteiger partial charge in [0.1, 0.15) is 6.04 Å². The molecule has 1 atom stereocenters. The molecule has 6 heteroatoms. The maximum atomic E-state index is 12.5. The number of aromatic carboxylic acids is 1. The SMILES string of the molecule is O=C(CCc1ccc(C(=O)O)cc1)NC1CCN(Cc2ccccc2)C1=O. The molecule has 1 heterocycles. The van der Waals surface area contributed by atoms with Crippen LogP contribution in [-0.4, -0.2) is 40.4 Å². The fraction of sp³-hybridized carbons (Fsp3) is 0.286. The zero-order valence-corrected chi connectivity index (χ0v) is 14.9. The first-order valence-electron chi connectivity index (χ1n) is 8.97. The number of carboxylic acid groups (broad SMARTS) is 1. The predicted octanol–water partition coefficient (Wildman–Crippen LogP) is 2.23. The van der Waals surface area contributed by atoms with Crippen molar-refractivity contribution in [3.63, 3.8) is 0 Å². The second kappa shape index (κ2) is 8.49. The van der Waals surface area contributed by atoms with E-state index in [0.717, 1.165) is 11.1 Å². The molecule has 0 spiro atoms. The van der Waals surface area contributed by atoms with Crippen molar-refractivity contribution in [2.75, 3.05) is 6.54 Å². The molecule has 0 radical (unpaired) electrons. The summed E-state index contributed by atoms with van der Waals surface area (Å²) in [5, 5.41) is 11.7. The van der Waals surface area contributed by atoms with E-state index in [1.807, 2.05) is 30.3 Å². The number of amides is 2. The molecular weight excluding hydrogens is 344 g/mol. The second-order valence-electron chi connectivity index (χ2n) is 6.66. The minimum atomic E-state index is -0.973. The van der Waals surface area contributed by atoms with E-state index in [0.29, 0.717) is 25.9 Å². The third kappa shape index (κ3) is 4.94. The normalized spacial score (nSPS) is 16.4. The van der Waals surface area contributed by atoms with Gasteiger partial charge in [-0.2, -0.15) is 0 Å². The molecule has 1 aliphatic rings. The van der Waals surface area contributed by atoms with Crippen molar-refractivity contribution in [3.8, 4) is 0 Å². The third-order valence-corrected chi connectivity index (χ3v) is 4.69. The molecular formula is C21H22N2O4. The van der Waals surface area contributed by atoms with Crippen molar-refractivity contribution in [2.45, 2.75) is 31.8 Å². The Hall–Kier alpha value is -3.15. The van der Waals surface area contributed by atoms with Gasteiger partial charge in [0.05, 0.1) is 5.56 Å². The summed E-state index contributed by atoms with van der Waals surface area (Å²) >= 11 is 0. The molecule has 1 aliphatic heterocycles. The van der Waals surface area contributed by atoms with E-state index in [4.69, 9.17) is 5.11 Å². The van der Waals surface area contributed by atoms with Gasteiger partial charge in [0.25, 0.3) is 0 Å². The highest BCUT2D eigenvalue weighted by Crippen LogP contribution is 2.15. The van der Waals surface area contributed by atoms with Gasteiger partial charge in [-0.05, 0) is 36.1 Å². The van der Waals surface area contributed by atoms with Gasteiger partial charge >= 0.3 is 5.97 Å². The Bertz CT molecular complexity index is 818. The lowest BCUT2D eigenvalue weighted by atomic mass is 10.1. The van der Waals surface area contributed by atoms with Crippen LogP contribution >= 0.6 is 0 Å². The minimum absolute atomic E-state index is 0.0435. The molecule has 0 aromatic heterocycles. The van der Waals surface area contributed by atoms with Crippen LogP contribution in [0.4, 0.5) is 0 Å². The number of aryl methyl sites for hydroxylation is 1. The number of carboxylic acids is 1. The van der Waals surface area contributed by atoms with E-state index in [1.165, 1.54) is 12.1 Å². The van der Waals surface area contributed by atoms with E-state index in [9.17, 15) is 14.4 Å². The lowest BCUT2D eigenvalue weighted by Gasteiger charge is -2.17. The summed E-state index contributed by atoms with van der Waals surface area (Å²) in [5.74, 6) is -1.19. The lowest BCUT2D eigenvalue weighted by molar-refractivity contribution is -0.133. The van der Waals surface area contributed by atoms with E-state index < -0.39 is 12.0 Å². The van der Waals surface area contributed by atoms with Crippen LogP contribution in [-0.2, 0) is 22.6 Å². The van der Waals surface area contributed by atoms with Gasteiger partial charge in [-0.3, -0.25) is 9.59 Å². The molecule has 1 fully saturated rings. The third-order valence-electron chi connectivity index (χ3n) is 4.69. The van der Waals surface area contributed by atoms with Gasteiger partial charge in [0.2, 0.25) is 11.8 Å². The van der Waals surface area contributed by atoms with E-state index in [2.05, 4.69) is 5.32 Å². The van der Waals surface area contributed by atoms with Crippen molar-refractivity contribution in [2.24, 2.45) is 0 Å². The number of carbonyl (C=O) groups is 3. The van der Waals surface area contributed by atoms with E-state index in [1.54, 1.807) is 17.0 Å². The quantitative estimate of drug-likeness (QED) is 0.787. The molecule has 6 nitrogen and oxygen atoms in total. The summed E-state index contributed by atoms with van der Waals surface area (Å²) < 4.78 is 0. The van der Waals surface area contributed by atoms with Gasteiger partial charge in [-0.25, -0.2) is 4.79 Å². The first kappa shape index (κ1) is 18.6. The van der Waals surface area contributed by atoms with Crippen molar-refractivity contribution in [1.82, 2.24) is 10.2 Å². The lowest BCUT2D eigenvalue weighted by Crippen LogP contribution is -2.41. The van der Waals surface area contributed by atoms with Gasteiger partial charge in [0, 0.05) is 19.5 Å². The average molecular weight is 366 g/mol. The Morgan fingerprint density at radius 2 is 1.74 bits per heavy atom. The molecule has 140 valence electrons. The number of benzene rings is 2. The van der Waals surface area contributed by atoms with Crippen LogP contribution in [0.1, 0.15) is 34.3 Å². The number of carbonyl (C=O) groups excluding carboxylic acids is 2. The largest absolute Gasteiger partial charge is 0.478 e. The molecule has 3 rings (SSSR count). The fourth-order valence-electron chi connectivity index (χ4n) is 3.17. The standard InChI is InChI=1S/C21H22N2O4/c24-19(11-8-15-6-9-17(10-7-15)21(26)27)22-18-12-13-23(20(18)25)14-16-4-2-1-3-5-16/h1-7,9-10,18H,8,11-14H2,(H,22,24)(H,26,27). The molecule has 2 aromatic rings. The van der Waals surface area contributed by atoms with E-state index >= 15 is 0 Å². The first-order chi connectivity index (χ1) is 13.0. The average Bonchev–Trinajstić information content (AvgIpc) is 3.01. The highest BCUT2D eigenvalue weighted by Gasteiger charge is 2.32. The van der Waals surface area contributed by atoms with Crippen LogP contribution in [0.5, 0.6) is 0 Å². The van der Waals surface area contributed by atoms with Gasteiger partial charge in [-0.15, -0.1) is 0 Å². The summed E-state index contributed by atoms with van der Waals surface area (Å²) in [4.78, 5) is 37.3. The van der Waals surface area contributed by atoms with Crippen LogP contribution in [0.15, 0.2) is 54.6 Å². The summed E-state index contributed by atoms with van der Waals surface area (Å²) in [6.45, 7) is 1.19. The Kier molecular flexibility index (Phi) is 5.86. The summed E-state index contributed by atoms with van der Waals surface area (Å²) in [6, 6.07) is 15.8. The first-order valence-corrected chi connectivity index (χ1v) is 8.97. The molecule has 0 bridgehead atoms. The molecule has 1 saturated heterocycles. The van der Waals surface area contributed by atoms with Gasteiger partial charge < -0.3 is 15.3 Å². The van der Waals surface area contributed by atoms with Crippen LogP contribution in [0.2, 0.25) is 0 Å². The molecule has 0 saturated carbocycles. The maximum absolute atomic E-state index is 12.5. The zero-order chi connectivity index (χ0) is 19.2. The minimum Gasteiger partial charge on any atom is -0.478 e. The monoisotopic (exact) mass is 366 g/mol. The zero-order valence-electron chi connectivity index (χ0n) is 14.9. The number of hydrogen-bond donors (Lipinski definition) is 2. The van der Waals surface area contributed by atoms with Gasteiger partial charge in [-0.1, -0.05) is 42.5 Å². The summed E-state index contributed by atoms with van der Waals surface area (Å²) in [7, 11) is 0. The highest BCUT2D eigenvalue weighted by molar-refractivity contribution is 5.89. The molecule has 1 unspecified atom stereocenters. The van der Waals surface area contributed by atoms with E-state index in [-0.39, 0.29) is 23.8 Å². The number of likely N-dealkylation sites (tertiary alicyclic amines) is 1. The van der Waals surface area contributed by atoms with Crippen LogP contribution in [0.3, 0.4) is 0 Å². The summed E-state index contributed by atoms with van der Waals surface area (Å²) in [5.41, 5.74) is 2.18. The smallest absolute Gasteiger partial charge is 0.335 e. The van der Waals surface area contributed by atoms with Crippen molar-refractivity contribution in [1.29, 1.82) is 0 Å². The predicted molar refractivity (Wildman–Crippen MR) is 100 cm³/mol. The van der Waals surface area contributed by atoms with Crippen molar-refractivity contribution < 1.29 is 19.5 Å². The van der Waals surface area contributed by atoms with Crippen LogP contribution < -0.4 is 5.32 Å².